The molecule has 0 N–H and O–H groups in total. The van der Waals surface area contributed by atoms with Gasteiger partial charge in [0.2, 0.25) is 11.8 Å². The molecule has 1 aromatic carbocycles. The van der Waals surface area contributed by atoms with E-state index >= 15 is 0 Å². The van der Waals surface area contributed by atoms with Gasteiger partial charge in [-0.05, 0) is 24.5 Å². The monoisotopic (exact) mass is 320 g/mol. The Kier molecular flexibility index (Phi) is 5.47. The minimum absolute atomic E-state index is 0.0137. The van der Waals surface area contributed by atoms with Crippen molar-refractivity contribution >= 4 is 11.8 Å². The summed E-state index contributed by atoms with van der Waals surface area (Å²) in [6, 6.07) is 5.28. The van der Waals surface area contributed by atoms with Crippen LogP contribution >= 0.6 is 0 Å². The molecule has 1 saturated heterocycles. The van der Waals surface area contributed by atoms with Gasteiger partial charge in [-0.15, -0.1) is 0 Å². The second-order valence-corrected chi connectivity index (χ2v) is 5.72. The molecule has 0 aromatic heterocycles. The summed E-state index contributed by atoms with van der Waals surface area (Å²) in [5.74, 6) is 1.28. The summed E-state index contributed by atoms with van der Waals surface area (Å²) in [5.41, 5.74) is 0.920. The number of hydrogen-bond donors (Lipinski definition) is 0. The van der Waals surface area contributed by atoms with Gasteiger partial charge in [0, 0.05) is 27.1 Å². The Labute approximate surface area is 137 Å². The largest absolute Gasteiger partial charge is 0.493 e. The molecule has 0 aliphatic carbocycles. The Balaban J connectivity index is 2.01. The van der Waals surface area contributed by atoms with Crippen LogP contribution in [-0.2, 0) is 16.0 Å². The third kappa shape index (κ3) is 3.57. The molecule has 2 rings (SSSR count). The van der Waals surface area contributed by atoms with Crippen molar-refractivity contribution in [2.45, 2.75) is 25.3 Å². The third-order valence-electron chi connectivity index (χ3n) is 4.35. The van der Waals surface area contributed by atoms with Crippen molar-refractivity contribution in [1.29, 1.82) is 0 Å². The highest BCUT2D eigenvalue weighted by atomic mass is 16.5. The highest BCUT2D eigenvalue weighted by Crippen LogP contribution is 2.31. The topological polar surface area (TPSA) is 59.1 Å². The van der Waals surface area contributed by atoms with E-state index in [1.165, 1.54) is 0 Å². The number of nitrogens with zero attached hydrogens (tertiary/aromatic N) is 2. The average Bonchev–Trinajstić information content (AvgIpc) is 2.90. The van der Waals surface area contributed by atoms with Crippen LogP contribution in [0.5, 0.6) is 11.5 Å². The lowest BCUT2D eigenvalue weighted by Crippen LogP contribution is -2.42. The smallest absolute Gasteiger partial charge is 0.245 e. The molecule has 126 valence electrons. The summed E-state index contributed by atoms with van der Waals surface area (Å²) < 4.78 is 10.6. The molecule has 1 heterocycles. The summed E-state index contributed by atoms with van der Waals surface area (Å²) in [6.07, 6.45) is 1.56. The number of rotatable bonds is 6. The number of carbonyl (C=O) groups is 2. The molecule has 6 heteroatoms. The maximum Gasteiger partial charge on any atom is 0.245 e. The molecule has 1 aromatic rings. The van der Waals surface area contributed by atoms with E-state index in [1.807, 2.05) is 18.2 Å². The first-order valence-corrected chi connectivity index (χ1v) is 7.70. The normalized spacial score (nSPS) is 17.3. The number of hydrogen-bond acceptors (Lipinski definition) is 4. The minimum atomic E-state index is -0.334. The standard InChI is InChI=1S/C17H24N2O4/c1-18-11-10-13(17(18)21)19(2)15(20)9-8-12-6-5-7-14(22-3)16(12)23-4/h5-7,13H,8-11H2,1-4H3. The van der Waals surface area contributed by atoms with Gasteiger partial charge in [0.05, 0.1) is 14.2 Å². The molecule has 1 unspecified atom stereocenters. The number of likely N-dealkylation sites (tertiary alicyclic amines) is 1. The molecule has 0 saturated carbocycles. The third-order valence-corrected chi connectivity index (χ3v) is 4.35. The van der Waals surface area contributed by atoms with E-state index in [4.69, 9.17) is 9.47 Å². The quantitative estimate of drug-likeness (QED) is 0.793. The van der Waals surface area contributed by atoms with Crippen LogP contribution in [0.25, 0.3) is 0 Å². The van der Waals surface area contributed by atoms with Crippen molar-refractivity contribution in [3.05, 3.63) is 23.8 Å². The van der Waals surface area contributed by atoms with Crippen molar-refractivity contribution in [3.63, 3.8) is 0 Å². The second-order valence-electron chi connectivity index (χ2n) is 5.72. The van der Waals surface area contributed by atoms with E-state index in [9.17, 15) is 9.59 Å². The van der Waals surface area contributed by atoms with Gasteiger partial charge in [-0.3, -0.25) is 9.59 Å². The van der Waals surface area contributed by atoms with Gasteiger partial charge in [-0.1, -0.05) is 12.1 Å². The van der Waals surface area contributed by atoms with Gasteiger partial charge in [0.1, 0.15) is 6.04 Å². The average molecular weight is 320 g/mol. The fourth-order valence-electron chi connectivity index (χ4n) is 2.91. The summed E-state index contributed by atoms with van der Waals surface area (Å²) in [5, 5.41) is 0. The van der Waals surface area contributed by atoms with Gasteiger partial charge in [0.15, 0.2) is 11.5 Å². The summed E-state index contributed by atoms with van der Waals surface area (Å²) >= 11 is 0. The molecule has 23 heavy (non-hydrogen) atoms. The van der Waals surface area contributed by atoms with Crippen LogP contribution in [0.4, 0.5) is 0 Å². The highest BCUT2D eigenvalue weighted by molar-refractivity contribution is 5.89. The Morgan fingerprint density at radius 1 is 1.35 bits per heavy atom. The lowest BCUT2D eigenvalue weighted by Gasteiger charge is -2.23. The fraction of sp³-hybridized carbons (Fsp3) is 0.529. The van der Waals surface area contributed by atoms with Crippen LogP contribution in [0.3, 0.4) is 0 Å². The van der Waals surface area contributed by atoms with Crippen molar-refractivity contribution in [2.75, 3.05) is 34.9 Å². The lowest BCUT2D eigenvalue weighted by atomic mass is 10.1. The number of benzene rings is 1. The Hall–Kier alpha value is -2.24. The van der Waals surface area contributed by atoms with Crippen LogP contribution in [0.2, 0.25) is 0 Å². The van der Waals surface area contributed by atoms with Crippen molar-refractivity contribution in [2.24, 2.45) is 0 Å². The van der Waals surface area contributed by atoms with E-state index in [-0.39, 0.29) is 17.9 Å². The highest BCUT2D eigenvalue weighted by Gasteiger charge is 2.34. The van der Waals surface area contributed by atoms with Crippen LogP contribution in [-0.4, -0.2) is 62.5 Å². The zero-order valence-corrected chi connectivity index (χ0v) is 14.2. The van der Waals surface area contributed by atoms with Gasteiger partial charge < -0.3 is 19.3 Å². The Morgan fingerprint density at radius 3 is 2.65 bits per heavy atom. The molecule has 2 amide bonds. The lowest BCUT2D eigenvalue weighted by molar-refractivity contribution is -0.140. The molecule has 1 aliphatic heterocycles. The Bertz CT molecular complexity index is 588. The van der Waals surface area contributed by atoms with Gasteiger partial charge in [-0.2, -0.15) is 0 Å². The summed E-state index contributed by atoms with van der Waals surface area (Å²) in [4.78, 5) is 27.6. The van der Waals surface area contributed by atoms with Crippen LogP contribution in [0, 0.1) is 0 Å². The molecule has 1 atom stereocenters. The molecule has 1 aliphatic rings. The minimum Gasteiger partial charge on any atom is -0.493 e. The van der Waals surface area contributed by atoms with Crippen LogP contribution in [0.1, 0.15) is 18.4 Å². The number of methoxy groups -OCH3 is 2. The number of likely N-dealkylation sites (N-methyl/N-ethyl adjacent to an activating group) is 2. The molecule has 0 bridgehead atoms. The summed E-state index contributed by atoms with van der Waals surface area (Å²) in [6.45, 7) is 0.699. The first-order chi connectivity index (χ1) is 11.0. The molecule has 0 radical (unpaired) electrons. The van der Waals surface area contributed by atoms with Crippen molar-refractivity contribution < 1.29 is 19.1 Å². The predicted molar refractivity (Wildman–Crippen MR) is 86.7 cm³/mol. The van der Waals surface area contributed by atoms with Crippen molar-refractivity contribution in [1.82, 2.24) is 9.80 Å². The first kappa shape index (κ1) is 17.1. The van der Waals surface area contributed by atoms with E-state index in [2.05, 4.69) is 0 Å². The number of aryl methyl sites for hydroxylation is 1. The summed E-state index contributed by atoms with van der Waals surface area (Å²) in [7, 11) is 6.64. The number of ether oxygens (including phenoxy) is 2. The second kappa shape index (κ2) is 7.35. The Morgan fingerprint density at radius 2 is 2.09 bits per heavy atom. The molecular formula is C17H24N2O4. The van der Waals surface area contributed by atoms with Gasteiger partial charge in [0.25, 0.3) is 0 Å². The van der Waals surface area contributed by atoms with Crippen LogP contribution in [0.15, 0.2) is 18.2 Å². The van der Waals surface area contributed by atoms with Crippen LogP contribution < -0.4 is 9.47 Å². The fourth-order valence-corrected chi connectivity index (χ4v) is 2.91. The number of amides is 2. The number of para-hydroxylation sites is 1. The van der Waals surface area contributed by atoms with E-state index < -0.39 is 0 Å². The number of carbonyl (C=O) groups excluding carboxylic acids is 2. The molecular weight excluding hydrogens is 296 g/mol. The molecule has 1 fully saturated rings. The van der Waals surface area contributed by atoms with Gasteiger partial charge in [-0.25, -0.2) is 0 Å². The maximum absolute atomic E-state index is 12.4. The van der Waals surface area contributed by atoms with E-state index in [0.29, 0.717) is 37.3 Å². The molecule has 6 nitrogen and oxygen atoms in total. The van der Waals surface area contributed by atoms with E-state index in [1.54, 1.807) is 38.1 Å². The SMILES string of the molecule is COc1cccc(CCC(=O)N(C)C2CCN(C)C2=O)c1OC. The van der Waals surface area contributed by atoms with E-state index in [0.717, 1.165) is 5.56 Å². The van der Waals surface area contributed by atoms with Crippen molar-refractivity contribution in [3.8, 4) is 11.5 Å². The predicted octanol–water partition coefficient (Wildman–Crippen LogP) is 1.33. The maximum atomic E-state index is 12.4. The zero-order valence-electron chi connectivity index (χ0n) is 14.2. The van der Waals surface area contributed by atoms with Gasteiger partial charge >= 0.3 is 0 Å². The first-order valence-electron chi connectivity index (χ1n) is 7.70. The zero-order chi connectivity index (χ0) is 17.0. The molecule has 0 spiro atoms.